The average molecular weight is 269 g/mol. The number of carbonyl (C=O) groups excluding carboxylic acids is 1. The lowest BCUT2D eigenvalue weighted by Gasteiger charge is -2.29. The van der Waals surface area contributed by atoms with Crippen LogP contribution in [-0.2, 0) is 4.79 Å². The highest BCUT2D eigenvalue weighted by Crippen LogP contribution is 2.15. The zero-order valence-electron chi connectivity index (χ0n) is 10.5. The van der Waals surface area contributed by atoms with Crippen LogP contribution in [0.1, 0.15) is 12.8 Å². The number of likely N-dealkylation sites (tertiary alicyclic amines) is 1. The molecule has 1 heterocycles. The Balaban J connectivity index is 1.87. The van der Waals surface area contributed by atoms with Gasteiger partial charge in [0.2, 0.25) is 5.91 Å². The molecule has 0 spiro atoms. The van der Waals surface area contributed by atoms with E-state index in [0.29, 0.717) is 0 Å². The lowest BCUT2D eigenvalue weighted by atomic mass is 10.1. The first-order chi connectivity index (χ1) is 9.04. The second-order valence-electron chi connectivity index (χ2n) is 4.79. The van der Waals surface area contributed by atoms with E-state index in [9.17, 15) is 13.6 Å². The number of amides is 1. The van der Waals surface area contributed by atoms with Gasteiger partial charge < -0.3 is 11.1 Å². The van der Waals surface area contributed by atoms with Gasteiger partial charge in [0.1, 0.15) is 11.6 Å². The van der Waals surface area contributed by atoms with Crippen LogP contribution in [0.3, 0.4) is 0 Å². The monoisotopic (exact) mass is 269 g/mol. The number of rotatable bonds is 3. The number of hydrogen-bond acceptors (Lipinski definition) is 3. The van der Waals surface area contributed by atoms with Crippen LogP contribution in [0.25, 0.3) is 0 Å². The number of nitrogens with one attached hydrogen (secondary N) is 1. The number of benzene rings is 1. The van der Waals surface area contributed by atoms with E-state index in [1.54, 1.807) is 0 Å². The van der Waals surface area contributed by atoms with Gasteiger partial charge in [-0.2, -0.15) is 0 Å². The van der Waals surface area contributed by atoms with E-state index in [-0.39, 0.29) is 24.2 Å². The number of anilines is 1. The van der Waals surface area contributed by atoms with Crippen LogP contribution in [0.2, 0.25) is 0 Å². The Labute approximate surface area is 110 Å². The maximum atomic E-state index is 13.4. The third kappa shape index (κ3) is 3.97. The van der Waals surface area contributed by atoms with Gasteiger partial charge in [0.05, 0.1) is 12.2 Å². The van der Waals surface area contributed by atoms with Gasteiger partial charge in [-0.15, -0.1) is 0 Å². The predicted molar refractivity (Wildman–Crippen MR) is 68.6 cm³/mol. The third-order valence-electron chi connectivity index (χ3n) is 3.20. The zero-order valence-corrected chi connectivity index (χ0v) is 10.5. The summed E-state index contributed by atoms with van der Waals surface area (Å²) in [5.74, 6) is -1.74. The topological polar surface area (TPSA) is 58.4 Å². The standard InChI is InChI=1S/C13H17F2N3O/c14-9-1-2-12(11(15)7-9)17-13(19)8-18-5-3-10(16)4-6-18/h1-2,7,10H,3-6,8,16H2,(H,17,19). The summed E-state index contributed by atoms with van der Waals surface area (Å²) in [5.41, 5.74) is 5.77. The molecule has 6 heteroatoms. The van der Waals surface area contributed by atoms with E-state index < -0.39 is 11.6 Å². The second kappa shape index (κ2) is 6.08. The van der Waals surface area contributed by atoms with Crippen molar-refractivity contribution in [2.75, 3.05) is 25.0 Å². The van der Waals surface area contributed by atoms with E-state index in [2.05, 4.69) is 5.32 Å². The summed E-state index contributed by atoms with van der Waals surface area (Å²) in [7, 11) is 0. The van der Waals surface area contributed by atoms with E-state index in [4.69, 9.17) is 5.73 Å². The average Bonchev–Trinajstić information content (AvgIpc) is 2.36. The molecule has 1 aliphatic rings. The molecule has 2 rings (SSSR count). The smallest absolute Gasteiger partial charge is 0.238 e. The van der Waals surface area contributed by atoms with Gasteiger partial charge in [0, 0.05) is 25.2 Å². The highest BCUT2D eigenvalue weighted by Gasteiger charge is 2.18. The van der Waals surface area contributed by atoms with Crippen molar-refractivity contribution >= 4 is 11.6 Å². The molecule has 0 radical (unpaired) electrons. The van der Waals surface area contributed by atoms with Gasteiger partial charge in [-0.1, -0.05) is 0 Å². The Kier molecular flexibility index (Phi) is 4.44. The summed E-state index contributed by atoms with van der Waals surface area (Å²) < 4.78 is 26.1. The highest BCUT2D eigenvalue weighted by atomic mass is 19.1. The number of nitrogens with two attached hydrogens (primary N) is 1. The molecule has 104 valence electrons. The first-order valence-corrected chi connectivity index (χ1v) is 6.27. The minimum Gasteiger partial charge on any atom is -0.328 e. The third-order valence-corrected chi connectivity index (χ3v) is 3.20. The molecule has 0 saturated carbocycles. The minimum atomic E-state index is -0.769. The zero-order chi connectivity index (χ0) is 13.8. The number of halogens is 2. The fraction of sp³-hybridized carbons (Fsp3) is 0.462. The molecule has 0 atom stereocenters. The summed E-state index contributed by atoms with van der Waals surface area (Å²) in [6.45, 7) is 1.73. The fourth-order valence-corrected chi connectivity index (χ4v) is 2.09. The lowest BCUT2D eigenvalue weighted by molar-refractivity contribution is -0.117. The van der Waals surface area contributed by atoms with Crippen LogP contribution in [0, 0.1) is 11.6 Å². The molecule has 1 aromatic carbocycles. The number of hydrogen-bond donors (Lipinski definition) is 2. The Hall–Kier alpha value is -1.53. The predicted octanol–water partition coefficient (Wildman–Crippen LogP) is 1.33. The normalized spacial score (nSPS) is 17.4. The summed E-state index contributed by atoms with van der Waals surface area (Å²) >= 11 is 0. The van der Waals surface area contributed by atoms with Gasteiger partial charge in [-0.05, 0) is 25.0 Å². The van der Waals surface area contributed by atoms with Crippen molar-refractivity contribution in [1.29, 1.82) is 0 Å². The van der Waals surface area contributed by atoms with Crippen molar-refractivity contribution in [2.24, 2.45) is 5.73 Å². The van der Waals surface area contributed by atoms with Crippen molar-refractivity contribution in [1.82, 2.24) is 4.90 Å². The number of piperidine rings is 1. The Morgan fingerprint density at radius 3 is 2.68 bits per heavy atom. The molecular weight excluding hydrogens is 252 g/mol. The molecule has 1 aromatic rings. The summed E-state index contributed by atoms with van der Waals surface area (Å²) in [4.78, 5) is 13.7. The molecule has 3 N–H and O–H groups in total. The van der Waals surface area contributed by atoms with Crippen LogP contribution < -0.4 is 11.1 Å². The molecule has 4 nitrogen and oxygen atoms in total. The maximum Gasteiger partial charge on any atom is 0.238 e. The van der Waals surface area contributed by atoms with Crippen LogP contribution in [-0.4, -0.2) is 36.5 Å². The van der Waals surface area contributed by atoms with Crippen LogP contribution in [0.4, 0.5) is 14.5 Å². The first kappa shape index (κ1) is 13.9. The molecule has 1 saturated heterocycles. The first-order valence-electron chi connectivity index (χ1n) is 6.27. The number of nitrogens with zero attached hydrogens (tertiary/aromatic N) is 1. The fourth-order valence-electron chi connectivity index (χ4n) is 2.09. The molecule has 1 aliphatic heterocycles. The van der Waals surface area contributed by atoms with Crippen molar-refractivity contribution in [3.05, 3.63) is 29.8 Å². The lowest BCUT2D eigenvalue weighted by Crippen LogP contribution is -2.43. The molecule has 1 amide bonds. The molecule has 0 aromatic heterocycles. The largest absolute Gasteiger partial charge is 0.328 e. The van der Waals surface area contributed by atoms with E-state index in [1.807, 2.05) is 4.90 Å². The number of carbonyl (C=O) groups is 1. The Morgan fingerprint density at radius 1 is 1.37 bits per heavy atom. The van der Waals surface area contributed by atoms with E-state index in [1.165, 1.54) is 6.07 Å². The van der Waals surface area contributed by atoms with Gasteiger partial charge >= 0.3 is 0 Å². The van der Waals surface area contributed by atoms with Gasteiger partial charge in [-0.3, -0.25) is 9.69 Å². The molecule has 19 heavy (non-hydrogen) atoms. The van der Waals surface area contributed by atoms with Crippen molar-refractivity contribution < 1.29 is 13.6 Å². The van der Waals surface area contributed by atoms with Gasteiger partial charge in [0.15, 0.2) is 0 Å². The van der Waals surface area contributed by atoms with Crippen molar-refractivity contribution in [3.8, 4) is 0 Å². The maximum absolute atomic E-state index is 13.4. The second-order valence-corrected chi connectivity index (χ2v) is 4.79. The Morgan fingerprint density at radius 2 is 2.05 bits per heavy atom. The van der Waals surface area contributed by atoms with E-state index >= 15 is 0 Å². The van der Waals surface area contributed by atoms with Crippen molar-refractivity contribution in [2.45, 2.75) is 18.9 Å². The summed E-state index contributed by atoms with van der Waals surface area (Å²) in [6.07, 6.45) is 1.72. The van der Waals surface area contributed by atoms with Gasteiger partial charge in [0.25, 0.3) is 0 Å². The quantitative estimate of drug-likeness (QED) is 0.870. The SMILES string of the molecule is NC1CCN(CC(=O)Nc2ccc(F)cc2F)CC1. The summed E-state index contributed by atoms with van der Waals surface area (Å²) in [6, 6.07) is 3.27. The van der Waals surface area contributed by atoms with Crippen LogP contribution >= 0.6 is 0 Å². The van der Waals surface area contributed by atoms with Crippen molar-refractivity contribution in [3.63, 3.8) is 0 Å². The van der Waals surface area contributed by atoms with E-state index in [0.717, 1.165) is 38.1 Å². The molecule has 0 aliphatic carbocycles. The van der Waals surface area contributed by atoms with Crippen LogP contribution in [0.15, 0.2) is 18.2 Å². The molecule has 0 bridgehead atoms. The molecule has 1 fully saturated rings. The van der Waals surface area contributed by atoms with Gasteiger partial charge in [-0.25, -0.2) is 8.78 Å². The molecular formula is C13H17F2N3O. The van der Waals surface area contributed by atoms with Crippen LogP contribution in [0.5, 0.6) is 0 Å². The minimum absolute atomic E-state index is 0.000103. The highest BCUT2D eigenvalue weighted by molar-refractivity contribution is 5.92. The summed E-state index contributed by atoms with van der Waals surface area (Å²) in [5, 5.41) is 2.44. The molecule has 0 unspecified atom stereocenters. The Bertz CT molecular complexity index is 459.